The molecule has 0 aromatic heterocycles. The van der Waals surface area contributed by atoms with Gasteiger partial charge < -0.3 is 20.8 Å². The number of carbonyl (C=O) groups excluding carboxylic acids is 2. The number of halogens is 12. The Labute approximate surface area is 386 Å². The van der Waals surface area contributed by atoms with Gasteiger partial charge in [0.1, 0.15) is 0 Å². The van der Waals surface area contributed by atoms with E-state index < -0.39 is 91.9 Å². The fraction of sp³-hybridized carbons (Fsp3) is 0.255. The number of ketones is 1. The van der Waals surface area contributed by atoms with Crippen LogP contribution in [0.1, 0.15) is 90.2 Å². The van der Waals surface area contributed by atoms with Crippen molar-refractivity contribution in [3.63, 3.8) is 0 Å². The Kier molecular flexibility index (Phi) is 12.2. The lowest BCUT2D eigenvalue weighted by Gasteiger charge is -2.39. The summed E-state index contributed by atoms with van der Waals surface area (Å²) in [6.07, 6.45) is -23.7. The van der Waals surface area contributed by atoms with Crippen molar-refractivity contribution in [1.29, 1.82) is 0 Å². The first-order chi connectivity index (χ1) is 31.8. The Morgan fingerprint density at radius 2 is 1.00 bits per heavy atom. The SMILES string of the molecule is CNc1c(C)cc(C2(c3cc(C)c(NC(=O)c4ccc(-c5ccc(C(C)=O)cc5C)c(C(F)(F)F)c4)c(C(O)(C(F)(F)F)C(F)(F)F)c3)c3ccccc3-c3ccccc32)cc1C(C)(O)C(F)(F)F. The molecule has 6 aromatic carbocycles. The molecule has 1 atom stereocenters. The third-order valence-electron chi connectivity index (χ3n) is 12.8. The lowest BCUT2D eigenvalue weighted by atomic mass is 9.65. The minimum atomic E-state index is -6.61. The Morgan fingerprint density at radius 3 is 1.46 bits per heavy atom. The summed E-state index contributed by atoms with van der Waals surface area (Å²) in [5, 5.41) is 27.0. The van der Waals surface area contributed by atoms with Crippen LogP contribution in [0.4, 0.5) is 64.1 Å². The third kappa shape index (κ3) is 8.00. The van der Waals surface area contributed by atoms with Gasteiger partial charge in [0.05, 0.1) is 16.7 Å². The van der Waals surface area contributed by atoms with E-state index in [0.717, 1.165) is 31.2 Å². The van der Waals surface area contributed by atoms with Gasteiger partial charge in [0.15, 0.2) is 11.4 Å². The van der Waals surface area contributed by atoms with E-state index in [-0.39, 0.29) is 50.4 Å². The standard InChI is InChI=1S/C51H40F12N2O4/c1-25-19-29(28(4)66)15-17-33(25)36-18-16-30(22-39(36)48(52,53)54)44(67)65-43-27(3)21-32(24-41(43)47(69,50(58,59)60)51(61,62)63)46(37-13-9-7-11-34(37)35-12-8-10-14-38(35)46)31-20-26(2)42(64-6)40(23-31)45(5,68)49(55,56)57/h7-24,64,68-69H,1-6H3,(H,65,67). The van der Waals surface area contributed by atoms with Crippen molar-refractivity contribution in [3.8, 4) is 22.3 Å². The molecular formula is C51H40F12N2O4. The number of aryl methyl sites for hydroxylation is 3. The van der Waals surface area contributed by atoms with Crippen LogP contribution in [0.15, 0.2) is 109 Å². The van der Waals surface area contributed by atoms with E-state index in [1.54, 1.807) is 24.3 Å². The molecule has 0 saturated carbocycles. The van der Waals surface area contributed by atoms with Crippen LogP contribution < -0.4 is 10.6 Å². The fourth-order valence-electron chi connectivity index (χ4n) is 9.34. The van der Waals surface area contributed by atoms with Gasteiger partial charge in [-0.05, 0) is 126 Å². The van der Waals surface area contributed by atoms with Gasteiger partial charge in [-0.2, -0.15) is 52.7 Å². The van der Waals surface area contributed by atoms with Crippen LogP contribution in [0.2, 0.25) is 0 Å². The summed E-state index contributed by atoms with van der Waals surface area (Å²) in [5.74, 6) is -2.00. The average Bonchev–Trinajstić information content (AvgIpc) is 3.55. The molecule has 0 saturated heterocycles. The molecule has 1 unspecified atom stereocenters. The Morgan fingerprint density at radius 1 is 0.522 bits per heavy atom. The first-order valence-corrected chi connectivity index (χ1v) is 20.8. The Bertz CT molecular complexity index is 3000. The zero-order valence-corrected chi connectivity index (χ0v) is 37.1. The van der Waals surface area contributed by atoms with Crippen molar-refractivity contribution >= 4 is 23.1 Å². The number of anilines is 2. The molecule has 0 heterocycles. The van der Waals surface area contributed by atoms with Crippen LogP contribution in [0.3, 0.4) is 0 Å². The summed E-state index contributed by atoms with van der Waals surface area (Å²) < 4.78 is 180. The highest BCUT2D eigenvalue weighted by molar-refractivity contribution is 6.06. The van der Waals surface area contributed by atoms with E-state index in [2.05, 4.69) is 5.32 Å². The minimum Gasteiger partial charge on any atom is -0.388 e. The quantitative estimate of drug-likeness (QED) is 0.0853. The molecule has 0 aliphatic heterocycles. The summed E-state index contributed by atoms with van der Waals surface area (Å²) >= 11 is 0. The first-order valence-electron chi connectivity index (χ1n) is 20.8. The van der Waals surface area contributed by atoms with Gasteiger partial charge in [0, 0.05) is 35.0 Å². The number of carbonyl (C=O) groups is 2. The molecule has 7 rings (SSSR count). The van der Waals surface area contributed by atoms with Gasteiger partial charge in [-0.3, -0.25) is 9.59 Å². The van der Waals surface area contributed by atoms with Crippen LogP contribution in [-0.2, 0) is 22.8 Å². The monoisotopic (exact) mass is 972 g/mol. The predicted octanol–water partition coefficient (Wildman–Crippen LogP) is 13.2. The highest BCUT2D eigenvalue weighted by atomic mass is 19.4. The van der Waals surface area contributed by atoms with Gasteiger partial charge >= 0.3 is 24.7 Å². The van der Waals surface area contributed by atoms with Crippen molar-refractivity contribution in [2.45, 2.75) is 75.9 Å². The lowest BCUT2D eigenvalue weighted by Crippen LogP contribution is -2.54. The summed E-state index contributed by atoms with van der Waals surface area (Å²) in [4.78, 5) is 26.0. The fourth-order valence-corrected chi connectivity index (χ4v) is 9.34. The van der Waals surface area contributed by atoms with Crippen molar-refractivity contribution in [2.24, 2.45) is 0 Å². The van der Waals surface area contributed by atoms with Gasteiger partial charge in [-0.25, -0.2) is 0 Å². The summed E-state index contributed by atoms with van der Waals surface area (Å²) in [5.41, 5.74) is -18.4. The van der Waals surface area contributed by atoms with E-state index in [1.165, 1.54) is 76.3 Å². The van der Waals surface area contributed by atoms with Crippen molar-refractivity contribution < 1.29 is 72.5 Å². The highest BCUT2D eigenvalue weighted by Gasteiger charge is 2.72. The van der Waals surface area contributed by atoms with E-state index in [1.807, 2.05) is 5.32 Å². The molecule has 0 bridgehead atoms. The molecular weight excluding hydrogens is 933 g/mol. The molecule has 6 nitrogen and oxygen atoms in total. The number of fused-ring (bicyclic) bond motifs is 3. The number of hydrogen-bond donors (Lipinski definition) is 4. The van der Waals surface area contributed by atoms with Crippen LogP contribution in [0.5, 0.6) is 0 Å². The number of aliphatic hydroxyl groups is 2. The van der Waals surface area contributed by atoms with E-state index in [9.17, 15) is 46.1 Å². The van der Waals surface area contributed by atoms with Crippen molar-refractivity contribution in [1.82, 2.24) is 0 Å². The smallest absolute Gasteiger partial charge is 0.388 e. The van der Waals surface area contributed by atoms with E-state index in [4.69, 9.17) is 0 Å². The topological polar surface area (TPSA) is 98.7 Å². The van der Waals surface area contributed by atoms with Crippen molar-refractivity contribution in [3.05, 3.63) is 176 Å². The van der Waals surface area contributed by atoms with Crippen LogP contribution >= 0.6 is 0 Å². The second-order valence-electron chi connectivity index (χ2n) is 17.1. The van der Waals surface area contributed by atoms with Gasteiger partial charge in [0.2, 0.25) is 0 Å². The number of benzene rings is 6. The number of hydrogen-bond acceptors (Lipinski definition) is 5. The third-order valence-corrected chi connectivity index (χ3v) is 12.8. The number of Topliss-reactive ketones (excluding diaryl/α,β-unsaturated/α-hetero) is 1. The summed E-state index contributed by atoms with van der Waals surface area (Å²) in [7, 11) is 1.28. The molecule has 1 amide bonds. The highest BCUT2D eigenvalue weighted by Crippen LogP contribution is 2.60. The van der Waals surface area contributed by atoms with Gasteiger partial charge in [-0.1, -0.05) is 78.9 Å². The van der Waals surface area contributed by atoms with Crippen LogP contribution in [0.25, 0.3) is 22.3 Å². The number of nitrogens with one attached hydrogen (secondary N) is 2. The zero-order valence-electron chi connectivity index (χ0n) is 37.1. The largest absolute Gasteiger partial charge is 0.430 e. The summed E-state index contributed by atoms with van der Waals surface area (Å²) in [6.45, 7) is 5.49. The lowest BCUT2D eigenvalue weighted by molar-refractivity contribution is -0.376. The molecule has 1 aliphatic rings. The summed E-state index contributed by atoms with van der Waals surface area (Å²) in [6, 6.07) is 21.8. The average molecular weight is 973 g/mol. The first kappa shape index (κ1) is 50.2. The van der Waals surface area contributed by atoms with E-state index >= 15 is 26.3 Å². The molecule has 1 aliphatic carbocycles. The minimum absolute atomic E-state index is 0.0117. The van der Waals surface area contributed by atoms with Crippen molar-refractivity contribution in [2.75, 3.05) is 17.7 Å². The van der Waals surface area contributed by atoms with E-state index in [0.29, 0.717) is 30.2 Å². The van der Waals surface area contributed by atoms with Gasteiger partial charge in [-0.15, -0.1) is 0 Å². The predicted molar refractivity (Wildman–Crippen MR) is 234 cm³/mol. The Balaban J connectivity index is 1.55. The van der Waals surface area contributed by atoms with Gasteiger partial charge in [0.25, 0.3) is 11.5 Å². The molecule has 362 valence electrons. The normalized spacial score (nSPS) is 14.7. The maximum absolute atomic E-state index is 15.2. The molecule has 0 radical (unpaired) electrons. The second kappa shape index (κ2) is 16.8. The number of alkyl halides is 12. The zero-order chi connectivity index (χ0) is 51.2. The molecule has 18 heteroatoms. The molecule has 69 heavy (non-hydrogen) atoms. The molecule has 6 aromatic rings. The van der Waals surface area contributed by atoms with Crippen LogP contribution in [0, 0.1) is 20.8 Å². The Hall–Kier alpha value is -6.66. The van der Waals surface area contributed by atoms with Crippen LogP contribution in [-0.4, -0.2) is 47.5 Å². The second-order valence-corrected chi connectivity index (χ2v) is 17.1. The maximum atomic E-state index is 15.2. The maximum Gasteiger partial charge on any atom is 0.430 e. The number of amides is 1. The molecule has 0 fully saturated rings. The number of rotatable bonds is 9. The molecule has 4 N–H and O–H groups in total. The molecule has 0 spiro atoms.